The van der Waals surface area contributed by atoms with Crippen molar-refractivity contribution in [2.24, 2.45) is 5.92 Å². The molecule has 4 heteroatoms. The van der Waals surface area contributed by atoms with E-state index in [0.717, 1.165) is 51.9 Å². The van der Waals surface area contributed by atoms with Crippen molar-refractivity contribution in [1.82, 2.24) is 9.80 Å². The molecule has 0 unspecified atom stereocenters. The van der Waals surface area contributed by atoms with Gasteiger partial charge < -0.3 is 9.80 Å². The smallest absolute Gasteiger partial charge is 0.209 e. The van der Waals surface area contributed by atoms with Crippen LogP contribution in [0.15, 0.2) is 11.8 Å². The molecular weight excluding hydrogens is 238 g/mol. The molecule has 0 aromatic rings. The average molecular weight is 263 g/mol. The van der Waals surface area contributed by atoms with Crippen molar-refractivity contribution in [2.75, 3.05) is 26.2 Å². The van der Waals surface area contributed by atoms with Crippen molar-refractivity contribution in [1.29, 1.82) is 5.26 Å². The van der Waals surface area contributed by atoms with E-state index in [0.29, 0.717) is 5.92 Å². The summed E-state index contributed by atoms with van der Waals surface area (Å²) in [5, 5.41) is 8.14. The second-order valence-electron chi connectivity index (χ2n) is 5.14. The molecule has 19 heavy (non-hydrogen) atoms. The number of carbonyl (C=O) groups excluding carboxylic acids is 1. The van der Waals surface area contributed by atoms with Crippen molar-refractivity contribution in [3.05, 3.63) is 11.8 Å². The number of allylic oxidation sites excluding steroid dienone is 2. The minimum atomic E-state index is 0.421. The third-order valence-electron chi connectivity index (χ3n) is 3.75. The first-order valence-electron chi connectivity index (χ1n) is 7.22. The molecule has 0 radical (unpaired) electrons. The van der Waals surface area contributed by atoms with Gasteiger partial charge in [-0.25, -0.2) is 0 Å². The number of rotatable bonds is 3. The first kappa shape index (κ1) is 15.6. The van der Waals surface area contributed by atoms with Gasteiger partial charge in [0.2, 0.25) is 6.41 Å². The van der Waals surface area contributed by atoms with Crippen molar-refractivity contribution < 1.29 is 4.79 Å². The fraction of sp³-hybridized carbons (Fsp3) is 0.733. The molecule has 1 saturated heterocycles. The maximum atomic E-state index is 10.5. The van der Waals surface area contributed by atoms with Crippen LogP contribution in [0.4, 0.5) is 0 Å². The minimum absolute atomic E-state index is 0.421. The summed E-state index contributed by atoms with van der Waals surface area (Å²) in [7, 11) is 0. The van der Waals surface area contributed by atoms with Crippen molar-refractivity contribution in [2.45, 2.75) is 39.5 Å². The zero-order chi connectivity index (χ0) is 14.1. The molecule has 2 rings (SSSR count). The lowest BCUT2D eigenvalue weighted by molar-refractivity contribution is -0.119. The van der Waals surface area contributed by atoms with E-state index >= 15 is 0 Å². The molecule has 2 fully saturated rings. The van der Waals surface area contributed by atoms with Gasteiger partial charge in [-0.15, -0.1) is 0 Å². The fourth-order valence-corrected chi connectivity index (χ4v) is 2.14. The maximum absolute atomic E-state index is 10.5. The predicted molar refractivity (Wildman–Crippen MR) is 76.2 cm³/mol. The van der Waals surface area contributed by atoms with Gasteiger partial charge in [0.05, 0.1) is 6.07 Å². The number of amides is 1. The van der Waals surface area contributed by atoms with Crippen molar-refractivity contribution in [3.8, 4) is 6.07 Å². The summed E-state index contributed by atoms with van der Waals surface area (Å²) in [6.45, 7) is 7.95. The Labute approximate surface area is 116 Å². The van der Waals surface area contributed by atoms with E-state index in [1.165, 1.54) is 12.1 Å². The Morgan fingerprint density at radius 1 is 1.32 bits per heavy atom. The molecule has 2 aliphatic rings. The Morgan fingerprint density at radius 2 is 1.95 bits per heavy atom. The van der Waals surface area contributed by atoms with E-state index < -0.39 is 0 Å². The molecule has 1 aliphatic carbocycles. The standard InChI is InChI=1S/C10H18N2O.C5H7N/c1-3-4-10(2)12-7-5-11(9-13)6-8-12;6-4-5-2-1-3-5/h4,9H,3,5-8H2,1-2H3;5H,1-3H2/b10-4-;. The van der Waals surface area contributed by atoms with Crippen LogP contribution in [0, 0.1) is 17.2 Å². The van der Waals surface area contributed by atoms with E-state index in [2.05, 4.69) is 30.9 Å². The highest BCUT2D eigenvalue weighted by molar-refractivity contribution is 5.47. The average Bonchev–Trinajstić information content (AvgIpc) is 2.38. The van der Waals surface area contributed by atoms with Gasteiger partial charge in [-0.05, 0) is 26.2 Å². The van der Waals surface area contributed by atoms with Crippen LogP contribution >= 0.6 is 0 Å². The first-order valence-corrected chi connectivity index (χ1v) is 7.22. The topological polar surface area (TPSA) is 47.3 Å². The highest BCUT2D eigenvalue weighted by Gasteiger charge is 2.15. The lowest BCUT2D eigenvalue weighted by Gasteiger charge is -2.34. The maximum Gasteiger partial charge on any atom is 0.209 e. The second-order valence-corrected chi connectivity index (χ2v) is 5.14. The van der Waals surface area contributed by atoms with Crippen molar-refractivity contribution >= 4 is 6.41 Å². The Hall–Kier alpha value is -1.50. The zero-order valence-corrected chi connectivity index (χ0v) is 12.1. The first-order chi connectivity index (χ1) is 9.21. The van der Waals surface area contributed by atoms with Gasteiger partial charge in [-0.2, -0.15) is 5.26 Å². The molecule has 0 aromatic heterocycles. The van der Waals surface area contributed by atoms with Crippen LogP contribution in [-0.4, -0.2) is 42.4 Å². The molecule has 0 bridgehead atoms. The molecule has 1 amide bonds. The van der Waals surface area contributed by atoms with Crippen LogP contribution < -0.4 is 0 Å². The summed E-state index contributed by atoms with van der Waals surface area (Å²) in [6.07, 6.45) is 7.83. The van der Waals surface area contributed by atoms with Crippen LogP contribution in [-0.2, 0) is 4.79 Å². The normalized spacial score (nSPS) is 19.9. The number of carbonyl (C=O) groups is 1. The van der Waals surface area contributed by atoms with Gasteiger partial charge in [0.1, 0.15) is 0 Å². The van der Waals surface area contributed by atoms with Crippen LogP contribution in [0.2, 0.25) is 0 Å². The molecular formula is C15H25N3O. The fourth-order valence-electron chi connectivity index (χ4n) is 2.14. The molecule has 0 aromatic carbocycles. The Morgan fingerprint density at radius 3 is 2.26 bits per heavy atom. The molecule has 0 spiro atoms. The molecule has 0 N–H and O–H groups in total. The number of hydrogen-bond donors (Lipinski definition) is 0. The molecule has 4 nitrogen and oxygen atoms in total. The predicted octanol–water partition coefficient (Wildman–Crippen LogP) is 2.38. The number of nitriles is 1. The molecule has 1 heterocycles. The Kier molecular flexibility index (Phi) is 7.02. The van der Waals surface area contributed by atoms with Crippen molar-refractivity contribution in [3.63, 3.8) is 0 Å². The van der Waals surface area contributed by atoms with Crippen LogP contribution in [0.1, 0.15) is 39.5 Å². The minimum Gasteiger partial charge on any atom is -0.372 e. The van der Waals surface area contributed by atoms with Crippen LogP contribution in [0.25, 0.3) is 0 Å². The lowest BCUT2D eigenvalue weighted by atomic mass is 9.87. The second kappa shape index (κ2) is 8.58. The summed E-state index contributed by atoms with van der Waals surface area (Å²) in [5.74, 6) is 0.421. The monoisotopic (exact) mass is 263 g/mol. The SMILES string of the molecule is CC/C=C(/C)N1CCN(C=O)CC1.N#CC1CCC1. The molecule has 1 aliphatic heterocycles. The van der Waals surface area contributed by atoms with Gasteiger partial charge in [0.15, 0.2) is 0 Å². The Balaban J connectivity index is 0.000000250. The van der Waals surface area contributed by atoms with E-state index in [1.807, 2.05) is 4.90 Å². The number of hydrogen-bond acceptors (Lipinski definition) is 3. The lowest BCUT2D eigenvalue weighted by Crippen LogP contribution is -2.44. The third kappa shape index (κ3) is 5.34. The van der Waals surface area contributed by atoms with Gasteiger partial charge in [0.25, 0.3) is 0 Å². The summed E-state index contributed by atoms with van der Waals surface area (Å²) >= 11 is 0. The molecule has 1 saturated carbocycles. The van der Waals surface area contributed by atoms with Gasteiger partial charge >= 0.3 is 0 Å². The largest absolute Gasteiger partial charge is 0.372 e. The van der Waals surface area contributed by atoms with E-state index in [4.69, 9.17) is 5.26 Å². The van der Waals surface area contributed by atoms with Crippen LogP contribution in [0.5, 0.6) is 0 Å². The molecule has 0 atom stereocenters. The van der Waals surface area contributed by atoms with E-state index in [9.17, 15) is 4.79 Å². The van der Waals surface area contributed by atoms with E-state index in [1.54, 1.807) is 0 Å². The third-order valence-corrected chi connectivity index (χ3v) is 3.75. The Bertz CT molecular complexity index is 334. The zero-order valence-electron chi connectivity index (χ0n) is 12.1. The van der Waals surface area contributed by atoms with Gasteiger partial charge in [-0.1, -0.05) is 19.4 Å². The molecule has 106 valence electrons. The summed E-state index contributed by atoms with van der Waals surface area (Å²) in [4.78, 5) is 14.6. The summed E-state index contributed by atoms with van der Waals surface area (Å²) < 4.78 is 0. The highest BCUT2D eigenvalue weighted by Crippen LogP contribution is 2.24. The van der Waals surface area contributed by atoms with Crippen LogP contribution in [0.3, 0.4) is 0 Å². The number of nitrogens with zero attached hydrogens (tertiary/aromatic N) is 3. The summed E-state index contributed by atoms with van der Waals surface area (Å²) in [5.41, 5.74) is 1.34. The van der Waals surface area contributed by atoms with E-state index in [-0.39, 0.29) is 0 Å². The quantitative estimate of drug-likeness (QED) is 0.734. The van der Waals surface area contributed by atoms with Gasteiger partial charge in [0, 0.05) is 37.8 Å². The highest BCUT2D eigenvalue weighted by atomic mass is 16.1. The summed E-state index contributed by atoms with van der Waals surface area (Å²) in [6, 6.07) is 2.20. The number of piperazine rings is 1. The van der Waals surface area contributed by atoms with Gasteiger partial charge in [-0.3, -0.25) is 4.79 Å².